The molecule has 3 aromatic rings. The lowest BCUT2D eigenvalue weighted by atomic mass is 10.1. The fraction of sp³-hybridized carbons (Fsp3) is 0.0625. The molecule has 3 nitrogen and oxygen atoms in total. The maximum absolute atomic E-state index is 12.8. The Morgan fingerprint density at radius 2 is 1.95 bits per heavy atom. The predicted octanol–water partition coefficient (Wildman–Crippen LogP) is 4.41. The zero-order valence-corrected chi connectivity index (χ0v) is 11.7. The number of fused-ring (bicyclic) bond motifs is 1. The summed E-state index contributed by atoms with van der Waals surface area (Å²) in [4.78, 5) is 12.0. The van der Waals surface area contributed by atoms with Gasteiger partial charge in [-0.05, 0) is 42.5 Å². The Balaban J connectivity index is 1.77. The highest BCUT2D eigenvalue weighted by molar-refractivity contribution is 6.31. The van der Waals surface area contributed by atoms with E-state index in [0.717, 1.165) is 10.9 Å². The summed E-state index contributed by atoms with van der Waals surface area (Å²) in [6.45, 7) is 0. The third kappa shape index (κ3) is 3.06. The minimum Gasteiger partial charge on any atom is -0.464 e. The van der Waals surface area contributed by atoms with Crippen LogP contribution in [0.1, 0.15) is 5.56 Å². The summed E-state index contributed by atoms with van der Waals surface area (Å²) < 4.78 is 18.2. The van der Waals surface area contributed by atoms with Crippen LogP contribution in [0.15, 0.2) is 53.1 Å². The number of amides is 1. The predicted molar refractivity (Wildman–Crippen MR) is 80.0 cm³/mol. The molecule has 0 aliphatic rings. The molecule has 21 heavy (non-hydrogen) atoms. The highest BCUT2D eigenvalue weighted by atomic mass is 35.5. The third-order valence-corrected chi connectivity index (χ3v) is 3.33. The summed E-state index contributed by atoms with van der Waals surface area (Å²) in [6, 6.07) is 10.9. The second-order valence-corrected chi connectivity index (χ2v) is 5.07. The Bertz CT molecular complexity index is 796. The van der Waals surface area contributed by atoms with Crippen LogP contribution in [0.25, 0.3) is 11.0 Å². The number of benzene rings is 2. The zero-order chi connectivity index (χ0) is 14.8. The standard InChI is InChI=1S/C16H11ClFNO2/c17-11-1-6-15-14(8-11)10(9-21-15)7-16(20)19-13-4-2-12(18)3-5-13/h1-6,8-9H,7H2,(H,19,20). The Kier molecular flexibility index (Phi) is 3.62. The molecule has 0 unspecified atom stereocenters. The molecule has 0 bridgehead atoms. The topological polar surface area (TPSA) is 42.2 Å². The van der Waals surface area contributed by atoms with Crippen molar-refractivity contribution in [1.29, 1.82) is 0 Å². The van der Waals surface area contributed by atoms with E-state index in [-0.39, 0.29) is 18.1 Å². The third-order valence-electron chi connectivity index (χ3n) is 3.09. The SMILES string of the molecule is O=C(Cc1coc2ccc(Cl)cc12)Nc1ccc(F)cc1. The number of rotatable bonds is 3. The highest BCUT2D eigenvalue weighted by Crippen LogP contribution is 2.25. The lowest BCUT2D eigenvalue weighted by molar-refractivity contribution is -0.115. The number of halogens is 2. The van der Waals surface area contributed by atoms with Crippen LogP contribution >= 0.6 is 11.6 Å². The van der Waals surface area contributed by atoms with Gasteiger partial charge in [-0.3, -0.25) is 4.79 Å². The first-order valence-electron chi connectivity index (χ1n) is 6.33. The quantitative estimate of drug-likeness (QED) is 0.779. The second-order valence-electron chi connectivity index (χ2n) is 4.63. The smallest absolute Gasteiger partial charge is 0.228 e. The number of carbonyl (C=O) groups is 1. The van der Waals surface area contributed by atoms with Gasteiger partial charge in [0.1, 0.15) is 11.4 Å². The summed E-state index contributed by atoms with van der Waals surface area (Å²) in [6.07, 6.45) is 1.70. The number of nitrogens with one attached hydrogen (secondary N) is 1. The molecule has 106 valence electrons. The summed E-state index contributed by atoms with van der Waals surface area (Å²) in [5, 5.41) is 4.11. The van der Waals surface area contributed by atoms with Crippen LogP contribution in [0.3, 0.4) is 0 Å². The lowest BCUT2D eigenvalue weighted by Gasteiger charge is -2.04. The van der Waals surface area contributed by atoms with Gasteiger partial charge in [0.15, 0.2) is 0 Å². The van der Waals surface area contributed by atoms with Crippen LogP contribution in [-0.4, -0.2) is 5.91 Å². The summed E-state index contributed by atoms with van der Waals surface area (Å²) in [5.41, 5.74) is 1.99. The highest BCUT2D eigenvalue weighted by Gasteiger charge is 2.11. The molecule has 0 aliphatic carbocycles. The van der Waals surface area contributed by atoms with E-state index in [1.165, 1.54) is 24.3 Å². The first kappa shape index (κ1) is 13.6. The Labute approximate surface area is 125 Å². The zero-order valence-electron chi connectivity index (χ0n) is 10.9. The van der Waals surface area contributed by atoms with Crippen molar-refractivity contribution in [2.45, 2.75) is 6.42 Å². The molecule has 0 radical (unpaired) electrons. The number of carbonyl (C=O) groups excluding carboxylic acids is 1. The molecule has 1 heterocycles. The monoisotopic (exact) mass is 303 g/mol. The first-order chi connectivity index (χ1) is 10.1. The van der Waals surface area contributed by atoms with E-state index in [0.29, 0.717) is 16.3 Å². The van der Waals surface area contributed by atoms with Crippen molar-refractivity contribution in [2.75, 3.05) is 5.32 Å². The molecule has 1 aromatic heterocycles. The van der Waals surface area contributed by atoms with E-state index in [4.69, 9.17) is 16.0 Å². The molecule has 3 rings (SSSR count). The van der Waals surface area contributed by atoms with Crippen LogP contribution in [0.2, 0.25) is 5.02 Å². The number of hydrogen-bond acceptors (Lipinski definition) is 2. The van der Waals surface area contributed by atoms with Gasteiger partial charge in [-0.1, -0.05) is 11.6 Å². The maximum Gasteiger partial charge on any atom is 0.228 e. The fourth-order valence-electron chi connectivity index (χ4n) is 2.10. The molecule has 1 amide bonds. The van der Waals surface area contributed by atoms with Crippen LogP contribution in [0.4, 0.5) is 10.1 Å². The van der Waals surface area contributed by atoms with Gasteiger partial charge in [-0.2, -0.15) is 0 Å². The second kappa shape index (κ2) is 5.58. The minimum atomic E-state index is -0.344. The molecular weight excluding hydrogens is 293 g/mol. The van der Waals surface area contributed by atoms with E-state index in [1.807, 2.05) is 0 Å². The summed E-state index contributed by atoms with van der Waals surface area (Å²) >= 11 is 5.95. The van der Waals surface area contributed by atoms with Gasteiger partial charge >= 0.3 is 0 Å². The van der Waals surface area contributed by atoms with Crippen LogP contribution < -0.4 is 5.32 Å². The van der Waals surface area contributed by atoms with Crippen molar-refractivity contribution in [2.24, 2.45) is 0 Å². The van der Waals surface area contributed by atoms with Crippen molar-refractivity contribution in [3.63, 3.8) is 0 Å². The molecule has 0 atom stereocenters. The normalized spacial score (nSPS) is 10.8. The first-order valence-corrected chi connectivity index (χ1v) is 6.71. The summed E-state index contributed by atoms with van der Waals surface area (Å²) in [5.74, 6) is -0.548. The molecule has 0 saturated carbocycles. The van der Waals surface area contributed by atoms with E-state index in [2.05, 4.69) is 5.32 Å². The largest absolute Gasteiger partial charge is 0.464 e. The molecule has 0 fully saturated rings. The Morgan fingerprint density at radius 1 is 1.19 bits per heavy atom. The van der Waals surface area contributed by atoms with Gasteiger partial charge in [0.2, 0.25) is 5.91 Å². The average molecular weight is 304 g/mol. The molecule has 0 aliphatic heterocycles. The van der Waals surface area contributed by atoms with Crippen molar-refractivity contribution in [1.82, 2.24) is 0 Å². The molecular formula is C16H11ClFNO2. The van der Waals surface area contributed by atoms with Crippen molar-refractivity contribution in [3.05, 3.63) is 65.1 Å². The van der Waals surface area contributed by atoms with Gasteiger partial charge in [-0.15, -0.1) is 0 Å². The van der Waals surface area contributed by atoms with Gasteiger partial charge in [0.05, 0.1) is 12.7 Å². The van der Waals surface area contributed by atoms with Crippen molar-refractivity contribution >= 4 is 34.2 Å². The number of anilines is 1. The van der Waals surface area contributed by atoms with Crippen LogP contribution in [0.5, 0.6) is 0 Å². The summed E-state index contributed by atoms with van der Waals surface area (Å²) in [7, 11) is 0. The Hall–Kier alpha value is -2.33. The molecule has 0 spiro atoms. The number of hydrogen-bond donors (Lipinski definition) is 1. The van der Waals surface area contributed by atoms with Gasteiger partial charge in [0.25, 0.3) is 0 Å². The van der Waals surface area contributed by atoms with E-state index < -0.39 is 0 Å². The molecule has 5 heteroatoms. The maximum atomic E-state index is 12.8. The van der Waals surface area contributed by atoms with Gasteiger partial charge in [-0.25, -0.2) is 4.39 Å². The average Bonchev–Trinajstić information content (AvgIpc) is 2.84. The van der Waals surface area contributed by atoms with E-state index >= 15 is 0 Å². The molecule has 0 saturated heterocycles. The Morgan fingerprint density at radius 3 is 2.71 bits per heavy atom. The minimum absolute atomic E-state index is 0.157. The van der Waals surface area contributed by atoms with Crippen LogP contribution in [0, 0.1) is 5.82 Å². The van der Waals surface area contributed by atoms with E-state index in [1.54, 1.807) is 24.5 Å². The number of furan rings is 1. The lowest BCUT2D eigenvalue weighted by Crippen LogP contribution is -2.14. The van der Waals surface area contributed by atoms with Crippen LogP contribution in [-0.2, 0) is 11.2 Å². The van der Waals surface area contributed by atoms with E-state index in [9.17, 15) is 9.18 Å². The van der Waals surface area contributed by atoms with Crippen molar-refractivity contribution in [3.8, 4) is 0 Å². The molecule has 1 N–H and O–H groups in total. The molecule has 2 aromatic carbocycles. The fourth-order valence-corrected chi connectivity index (χ4v) is 2.27. The van der Waals surface area contributed by atoms with Crippen molar-refractivity contribution < 1.29 is 13.6 Å². The van der Waals surface area contributed by atoms with Gasteiger partial charge < -0.3 is 9.73 Å². The van der Waals surface area contributed by atoms with Gasteiger partial charge in [0, 0.05) is 21.7 Å².